The number of Topliss-reactive ketones (excluding diaryl/α,β-unsaturated/α-hetero) is 1. The minimum absolute atomic E-state index is 0.0848. The van der Waals surface area contributed by atoms with Crippen LogP contribution in [0.1, 0.15) is 33.8 Å². The molecule has 1 N–H and O–H groups in total. The molecule has 8 heteroatoms. The minimum Gasteiger partial charge on any atom is -0.503 e. The number of carbonyl (C=O) groups excluding carboxylic acids is 2. The molecule has 3 aromatic rings. The Kier molecular flexibility index (Phi) is 8.07. The van der Waals surface area contributed by atoms with E-state index in [0.29, 0.717) is 48.2 Å². The zero-order valence-electron chi connectivity index (χ0n) is 20.6. The van der Waals surface area contributed by atoms with Crippen LogP contribution in [-0.4, -0.2) is 60.4 Å². The molecule has 1 aliphatic rings. The number of rotatable bonds is 11. The molecule has 2 aromatic carbocycles. The third-order valence-corrected chi connectivity index (χ3v) is 6.77. The van der Waals surface area contributed by atoms with Gasteiger partial charge in [-0.15, -0.1) is 11.3 Å². The van der Waals surface area contributed by atoms with E-state index in [1.54, 1.807) is 34.5 Å². The summed E-state index contributed by atoms with van der Waals surface area (Å²) in [5.41, 5.74) is 1.78. The Morgan fingerprint density at radius 2 is 1.83 bits per heavy atom. The van der Waals surface area contributed by atoms with Crippen LogP contribution >= 0.6 is 11.3 Å². The van der Waals surface area contributed by atoms with Crippen molar-refractivity contribution < 1.29 is 24.2 Å². The van der Waals surface area contributed by atoms with Crippen molar-refractivity contribution in [1.82, 2.24) is 9.80 Å². The average molecular weight is 507 g/mol. The lowest BCUT2D eigenvalue weighted by atomic mass is 9.95. The van der Waals surface area contributed by atoms with Crippen LogP contribution in [0.2, 0.25) is 0 Å². The fourth-order valence-electron chi connectivity index (χ4n) is 4.13. The third-order valence-electron chi connectivity index (χ3n) is 5.90. The van der Waals surface area contributed by atoms with Crippen LogP contribution < -0.4 is 9.47 Å². The van der Waals surface area contributed by atoms with Crippen molar-refractivity contribution in [3.63, 3.8) is 0 Å². The number of aliphatic hydroxyl groups excluding tert-OH is 1. The quantitative estimate of drug-likeness (QED) is 0.374. The van der Waals surface area contributed by atoms with Crippen LogP contribution in [0.3, 0.4) is 0 Å². The van der Waals surface area contributed by atoms with Crippen molar-refractivity contribution in [2.75, 3.05) is 33.8 Å². The number of thiophene rings is 1. The SMILES string of the molecule is CCOc1cc(C2C(C(=O)c3cccs3)=C(O)C(=O)N2CCN(C)C)ccc1OCc1ccccc1. The maximum Gasteiger partial charge on any atom is 0.290 e. The topological polar surface area (TPSA) is 79.3 Å². The first-order valence-corrected chi connectivity index (χ1v) is 12.7. The molecule has 2 heterocycles. The molecular weight excluding hydrogens is 476 g/mol. The molecule has 1 atom stereocenters. The molecule has 1 unspecified atom stereocenters. The summed E-state index contributed by atoms with van der Waals surface area (Å²) < 4.78 is 11.9. The summed E-state index contributed by atoms with van der Waals surface area (Å²) >= 11 is 1.28. The molecule has 0 radical (unpaired) electrons. The number of ketones is 1. The number of aliphatic hydroxyl groups is 1. The van der Waals surface area contributed by atoms with Crippen LogP contribution in [0.15, 0.2) is 77.4 Å². The molecule has 0 spiro atoms. The smallest absolute Gasteiger partial charge is 0.290 e. The molecule has 1 aromatic heterocycles. The third kappa shape index (κ3) is 5.45. The number of hydrogen-bond acceptors (Lipinski definition) is 7. The first-order chi connectivity index (χ1) is 17.4. The van der Waals surface area contributed by atoms with Crippen molar-refractivity contribution in [1.29, 1.82) is 0 Å². The van der Waals surface area contributed by atoms with Gasteiger partial charge in [0.2, 0.25) is 5.78 Å². The Balaban J connectivity index is 1.71. The fraction of sp³-hybridized carbons (Fsp3) is 0.286. The summed E-state index contributed by atoms with van der Waals surface area (Å²) in [4.78, 5) is 30.5. The summed E-state index contributed by atoms with van der Waals surface area (Å²) in [6.07, 6.45) is 0. The number of likely N-dealkylation sites (N-methyl/N-ethyl adjacent to an activating group) is 1. The number of amides is 1. The second-order valence-corrected chi connectivity index (χ2v) is 9.63. The maximum atomic E-state index is 13.4. The number of carbonyl (C=O) groups is 2. The zero-order chi connectivity index (χ0) is 25.7. The molecule has 0 saturated heterocycles. The van der Waals surface area contributed by atoms with Gasteiger partial charge in [-0.3, -0.25) is 9.59 Å². The van der Waals surface area contributed by atoms with Crippen LogP contribution in [0.25, 0.3) is 0 Å². The lowest BCUT2D eigenvalue weighted by molar-refractivity contribution is -0.129. The van der Waals surface area contributed by atoms with E-state index in [4.69, 9.17) is 9.47 Å². The van der Waals surface area contributed by atoms with Crippen molar-refractivity contribution in [3.05, 3.63) is 93.4 Å². The van der Waals surface area contributed by atoms with Gasteiger partial charge >= 0.3 is 0 Å². The van der Waals surface area contributed by atoms with Gasteiger partial charge < -0.3 is 24.4 Å². The second kappa shape index (κ2) is 11.4. The van der Waals surface area contributed by atoms with E-state index in [2.05, 4.69) is 0 Å². The lowest BCUT2D eigenvalue weighted by Gasteiger charge is -2.28. The Morgan fingerprint density at radius 1 is 1.06 bits per heavy atom. The number of benzene rings is 2. The summed E-state index contributed by atoms with van der Waals surface area (Å²) in [6, 6.07) is 18.0. The molecule has 7 nitrogen and oxygen atoms in total. The van der Waals surface area contributed by atoms with Crippen LogP contribution in [0.5, 0.6) is 11.5 Å². The molecule has 36 heavy (non-hydrogen) atoms. The zero-order valence-corrected chi connectivity index (χ0v) is 21.5. The molecule has 4 rings (SSSR count). The summed E-state index contributed by atoms with van der Waals surface area (Å²) in [7, 11) is 3.82. The van der Waals surface area contributed by atoms with Crippen LogP contribution in [0.4, 0.5) is 0 Å². The highest BCUT2D eigenvalue weighted by Crippen LogP contribution is 2.42. The van der Waals surface area contributed by atoms with Crippen molar-refractivity contribution >= 4 is 23.0 Å². The Bertz CT molecular complexity index is 1240. The number of nitrogens with zero attached hydrogens (tertiary/aromatic N) is 2. The van der Waals surface area contributed by atoms with E-state index in [-0.39, 0.29) is 11.4 Å². The minimum atomic E-state index is -0.741. The Labute approximate surface area is 215 Å². The van der Waals surface area contributed by atoms with E-state index < -0.39 is 17.7 Å². The van der Waals surface area contributed by atoms with E-state index in [1.165, 1.54) is 11.3 Å². The van der Waals surface area contributed by atoms with Gasteiger partial charge in [0.05, 0.1) is 23.1 Å². The predicted octanol–water partition coefficient (Wildman–Crippen LogP) is 4.87. The lowest BCUT2D eigenvalue weighted by Crippen LogP contribution is -2.36. The van der Waals surface area contributed by atoms with Crippen LogP contribution in [0, 0.1) is 0 Å². The molecule has 0 bridgehead atoms. The molecule has 188 valence electrons. The molecule has 0 aliphatic carbocycles. The van der Waals surface area contributed by atoms with Gasteiger partial charge in [-0.25, -0.2) is 0 Å². The highest BCUT2D eigenvalue weighted by atomic mass is 32.1. The molecule has 1 aliphatic heterocycles. The van der Waals surface area contributed by atoms with E-state index in [9.17, 15) is 14.7 Å². The normalized spacial score (nSPS) is 15.6. The first-order valence-electron chi connectivity index (χ1n) is 11.8. The van der Waals surface area contributed by atoms with Gasteiger partial charge in [-0.2, -0.15) is 0 Å². The summed E-state index contributed by atoms with van der Waals surface area (Å²) in [5, 5.41) is 12.6. The van der Waals surface area contributed by atoms with Gasteiger partial charge in [-0.1, -0.05) is 42.5 Å². The van der Waals surface area contributed by atoms with Crippen molar-refractivity contribution in [2.45, 2.75) is 19.6 Å². The highest BCUT2D eigenvalue weighted by Gasteiger charge is 2.44. The monoisotopic (exact) mass is 506 g/mol. The molecular formula is C28H30N2O5S. The Morgan fingerprint density at radius 3 is 2.50 bits per heavy atom. The summed E-state index contributed by atoms with van der Waals surface area (Å²) in [6.45, 7) is 3.60. The van der Waals surface area contributed by atoms with E-state index in [1.807, 2.05) is 62.3 Å². The summed E-state index contributed by atoms with van der Waals surface area (Å²) in [5.74, 6) is -0.326. The van der Waals surface area contributed by atoms with E-state index >= 15 is 0 Å². The molecule has 0 fully saturated rings. The molecule has 1 amide bonds. The van der Waals surface area contributed by atoms with Gasteiger partial charge in [0.15, 0.2) is 17.3 Å². The van der Waals surface area contributed by atoms with Crippen molar-refractivity contribution in [3.8, 4) is 11.5 Å². The second-order valence-electron chi connectivity index (χ2n) is 8.69. The van der Waals surface area contributed by atoms with Gasteiger partial charge in [-0.05, 0) is 55.7 Å². The average Bonchev–Trinajstić information content (AvgIpc) is 3.50. The fourth-order valence-corrected chi connectivity index (χ4v) is 4.81. The van der Waals surface area contributed by atoms with Crippen molar-refractivity contribution in [2.24, 2.45) is 0 Å². The molecule has 0 saturated carbocycles. The van der Waals surface area contributed by atoms with E-state index in [0.717, 1.165) is 5.56 Å². The highest BCUT2D eigenvalue weighted by molar-refractivity contribution is 7.12. The number of ether oxygens (including phenoxy) is 2. The Hall–Kier alpha value is -3.62. The van der Waals surface area contributed by atoms with Gasteiger partial charge in [0.1, 0.15) is 6.61 Å². The largest absolute Gasteiger partial charge is 0.503 e. The van der Waals surface area contributed by atoms with Crippen LogP contribution in [-0.2, 0) is 11.4 Å². The van der Waals surface area contributed by atoms with Gasteiger partial charge in [0, 0.05) is 13.1 Å². The first kappa shape index (κ1) is 25.5. The maximum absolute atomic E-state index is 13.4. The standard InChI is InChI=1S/C28H30N2O5S/c1-4-34-22-17-20(12-13-21(22)35-18-19-9-6-5-7-10-19)25-24(26(31)23-11-8-16-36-23)27(32)28(33)30(25)15-14-29(2)3/h5-13,16-17,25,32H,4,14-15,18H2,1-3H3. The number of hydrogen-bond donors (Lipinski definition) is 1. The van der Waals surface area contributed by atoms with Gasteiger partial charge in [0.25, 0.3) is 5.91 Å². The predicted molar refractivity (Wildman–Crippen MR) is 140 cm³/mol.